The lowest BCUT2D eigenvalue weighted by Crippen LogP contribution is -2.26. The van der Waals surface area contributed by atoms with Gasteiger partial charge in [-0.1, -0.05) is 0 Å². The SMILES string of the molecule is COC(=O)CCC1COCC1(F)F. The summed E-state index contributed by atoms with van der Waals surface area (Å²) in [7, 11) is 1.24. The summed E-state index contributed by atoms with van der Waals surface area (Å²) in [6.45, 7) is -0.497. The first kappa shape index (κ1) is 10.4. The summed E-state index contributed by atoms with van der Waals surface area (Å²) in [6.07, 6.45) is 0.153. The molecular weight excluding hydrogens is 182 g/mol. The van der Waals surface area contributed by atoms with Gasteiger partial charge in [0.2, 0.25) is 0 Å². The molecule has 76 valence electrons. The minimum atomic E-state index is -2.78. The minimum Gasteiger partial charge on any atom is -0.469 e. The van der Waals surface area contributed by atoms with Crippen LogP contribution in [0.25, 0.3) is 0 Å². The van der Waals surface area contributed by atoms with Crippen LogP contribution in [-0.4, -0.2) is 32.2 Å². The van der Waals surface area contributed by atoms with Crippen LogP contribution in [0.2, 0.25) is 0 Å². The Morgan fingerprint density at radius 1 is 1.69 bits per heavy atom. The van der Waals surface area contributed by atoms with E-state index in [-0.39, 0.29) is 19.4 Å². The molecule has 0 aliphatic carbocycles. The van der Waals surface area contributed by atoms with Crippen LogP contribution in [0.3, 0.4) is 0 Å². The third-order valence-corrected chi connectivity index (χ3v) is 2.14. The van der Waals surface area contributed by atoms with Crippen LogP contribution in [0.15, 0.2) is 0 Å². The molecule has 0 spiro atoms. The Morgan fingerprint density at radius 3 is 2.85 bits per heavy atom. The Morgan fingerprint density at radius 2 is 2.38 bits per heavy atom. The molecule has 0 saturated carbocycles. The average molecular weight is 194 g/mol. The van der Waals surface area contributed by atoms with Gasteiger partial charge in [0.25, 0.3) is 5.92 Å². The van der Waals surface area contributed by atoms with E-state index in [1.807, 2.05) is 0 Å². The van der Waals surface area contributed by atoms with E-state index >= 15 is 0 Å². The van der Waals surface area contributed by atoms with Crippen molar-refractivity contribution in [3.63, 3.8) is 0 Å². The van der Waals surface area contributed by atoms with Crippen LogP contribution in [0.5, 0.6) is 0 Å². The summed E-state index contributed by atoms with van der Waals surface area (Å²) >= 11 is 0. The van der Waals surface area contributed by atoms with Crippen LogP contribution in [0, 0.1) is 5.92 Å². The second kappa shape index (κ2) is 4.00. The molecule has 1 atom stereocenters. The molecule has 1 unspecified atom stereocenters. The number of carbonyl (C=O) groups excluding carboxylic acids is 1. The van der Waals surface area contributed by atoms with Gasteiger partial charge < -0.3 is 9.47 Å². The largest absolute Gasteiger partial charge is 0.469 e. The van der Waals surface area contributed by atoms with Crippen molar-refractivity contribution in [1.82, 2.24) is 0 Å². The fraction of sp³-hybridized carbons (Fsp3) is 0.875. The van der Waals surface area contributed by atoms with Crippen LogP contribution >= 0.6 is 0 Å². The van der Waals surface area contributed by atoms with Gasteiger partial charge in [0.05, 0.1) is 13.7 Å². The number of methoxy groups -OCH3 is 1. The molecule has 1 saturated heterocycles. The van der Waals surface area contributed by atoms with Crippen molar-refractivity contribution in [2.24, 2.45) is 5.92 Å². The summed E-state index contributed by atoms with van der Waals surface area (Å²) in [4.78, 5) is 10.7. The molecule has 1 rings (SSSR count). The molecule has 0 aromatic carbocycles. The van der Waals surface area contributed by atoms with E-state index in [1.165, 1.54) is 7.11 Å². The first-order valence-electron chi connectivity index (χ1n) is 4.08. The van der Waals surface area contributed by atoms with Gasteiger partial charge in [-0.05, 0) is 6.42 Å². The lowest BCUT2D eigenvalue weighted by atomic mass is 9.99. The highest BCUT2D eigenvalue weighted by atomic mass is 19.3. The van der Waals surface area contributed by atoms with Crippen LogP contribution < -0.4 is 0 Å². The third kappa shape index (κ3) is 2.62. The molecule has 0 bridgehead atoms. The number of rotatable bonds is 3. The van der Waals surface area contributed by atoms with Crippen LogP contribution in [0.4, 0.5) is 8.78 Å². The van der Waals surface area contributed by atoms with Gasteiger partial charge in [-0.15, -0.1) is 0 Å². The first-order valence-corrected chi connectivity index (χ1v) is 4.08. The van der Waals surface area contributed by atoms with E-state index in [1.54, 1.807) is 0 Å². The molecule has 0 aromatic rings. The van der Waals surface area contributed by atoms with Gasteiger partial charge in [-0.2, -0.15) is 0 Å². The van der Waals surface area contributed by atoms with E-state index in [2.05, 4.69) is 9.47 Å². The zero-order valence-electron chi connectivity index (χ0n) is 7.39. The summed E-state index contributed by atoms with van der Waals surface area (Å²) in [5.74, 6) is -4.08. The molecule has 0 N–H and O–H groups in total. The van der Waals surface area contributed by atoms with Crippen molar-refractivity contribution in [2.75, 3.05) is 20.3 Å². The monoisotopic (exact) mass is 194 g/mol. The molecule has 1 aliphatic rings. The smallest absolute Gasteiger partial charge is 0.305 e. The molecule has 5 heteroatoms. The van der Waals surface area contributed by atoms with Gasteiger partial charge in [-0.25, -0.2) is 8.78 Å². The second-order valence-electron chi connectivity index (χ2n) is 3.09. The summed E-state index contributed by atoms with van der Waals surface area (Å²) in [6, 6.07) is 0. The summed E-state index contributed by atoms with van der Waals surface area (Å²) < 4.78 is 34.8. The van der Waals surface area contributed by atoms with Crippen molar-refractivity contribution in [3.8, 4) is 0 Å². The van der Waals surface area contributed by atoms with Crippen LogP contribution in [0.1, 0.15) is 12.8 Å². The maximum Gasteiger partial charge on any atom is 0.305 e. The molecule has 0 amide bonds. The van der Waals surface area contributed by atoms with E-state index in [9.17, 15) is 13.6 Å². The molecule has 3 nitrogen and oxygen atoms in total. The zero-order chi connectivity index (χ0) is 9.90. The van der Waals surface area contributed by atoms with Gasteiger partial charge in [0, 0.05) is 12.3 Å². The Kier molecular flexibility index (Phi) is 3.19. The van der Waals surface area contributed by atoms with Crippen LogP contribution in [-0.2, 0) is 14.3 Å². The number of esters is 1. The summed E-state index contributed by atoms with van der Waals surface area (Å²) in [5, 5.41) is 0. The number of hydrogen-bond acceptors (Lipinski definition) is 3. The quantitative estimate of drug-likeness (QED) is 0.634. The number of hydrogen-bond donors (Lipinski definition) is 0. The molecule has 1 heterocycles. The van der Waals surface area contributed by atoms with Crippen molar-refractivity contribution < 1.29 is 23.0 Å². The maximum atomic E-state index is 12.9. The highest BCUT2D eigenvalue weighted by molar-refractivity contribution is 5.69. The Labute approximate surface area is 75.0 Å². The lowest BCUT2D eigenvalue weighted by Gasteiger charge is -2.15. The van der Waals surface area contributed by atoms with Crippen molar-refractivity contribution in [1.29, 1.82) is 0 Å². The highest BCUT2D eigenvalue weighted by Gasteiger charge is 2.44. The number of alkyl halides is 2. The van der Waals surface area contributed by atoms with Gasteiger partial charge >= 0.3 is 5.97 Å². The van der Waals surface area contributed by atoms with E-state index in [0.717, 1.165) is 0 Å². The standard InChI is InChI=1S/C8H12F2O3/c1-12-7(11)3-2-6-4-13-5-8(6,9)10/h6H,2-5H2,1H3. The molecule has 13 heavy (non-hydrogen) atoms. The maximum absolute atomic E-state index is 12.9. The predicted molar refractivity (Wildman–Crippen MR) is 40.5 cm³/mol. The molecule has 1 fully saturated rings. The Bertz CT molecular complexity index is 194. The average Bonchev–Trinajstić information content (AvgIpc) is 2.41. The number of ether oxygens (including phenoxy) is 2. The predicted octanol–water partition coefficient (Wildman–Crippen LogP) is 1.22. The van der Waals surface area contributed by atoms with E-state index < -0.39 is 24.4 Å². The van der Waals surface area contributed by atoms with Gasteiger partial charge in [0.1, 0.15) is 6.61 Å². The normalized spacial score (nSPS) is 25.9. The first-order chi connectivity index (χ1) is 6.06. The van der Waals surface area contributed by atoms with Gasteiger partial charge in [-0.3, -0.25) is 4.79 Å². The third-order valence-electron chi connectivity index (χ3n) is 2.14. The molecule has 1 aliphatic heterocycles. The van der Waals surface area contributed by atoms with Crippen molar-refractivity contribution in [3.05, 3.63) is 0 Å². The fourth-order valence-corrected chi connectivity index (χ4v) is 1.27. The minimum absolute atomic E-state index is 0.0279. The Hall–Kier alpha value is -0.710. The highest BCUT2D eigenvalue weighted by Crippen LogP contribution is 2.34. The van der Waals surface area contributed by atoms with Crippen molar-refractivity contribution >= 4 is 5.97 Å². The topological polar surface area (TPSA) is 35.5 Å². The van der Waals surface area contributed by atoms with Crippen molar-refractivity contribution in [2.45, 2.75) is 18.8 Å². The Balaban J connectivity index is 2.33. The number of halogens is 2. The molecule has 0 aromatic heterocycles. The second-order valence-corrected chi connectivity index (χ2v) is 3.09. The fourth-order valence-electron chi connectivity index (χ4n) is 1.27. The van der Waals surface area contributed by atoms with E-state index in [4.69, 9.17) is 0 Å². The van der Waals surface area contributed by atoms with Gasteiger partial charge in [0.15, 0.2) is 0 Å². The molecule has 0 radical (unpaired) electrons. The van der Waals surface area contributed by atoms with E-state index in [0.29, 0.717) is 0 Å². The lowest BCUT2D eigenvalue weighted by molar-refractivity contribution is -0.141. The summed E-state index contributed by atoms with van der Waals surface area (Å²) in [5.41, 5.74) is 0. The number of carbonyl (C=O) groups is 1. The zero-order valence-corrected chi connectivity index (χ0v) is 7.39. The molecular formula is C8H12F2O3.